The van der Waals surface area contributed by atoms with Crippen LogP contribution < -0.4 is 0 Å². The first-order chi connectivity index (χ1) is 5.74. The minimum absolute atomic E-state index is 0.183. The van der Waals surface area contributed by atoms with Gasteiger partial charge in [0.25, 0.3) is 0 Å². The van der Waals surface area contributed by atoms with E-state index >= 15 is 0 Å². The van der Waals surface area contributed by atoms with Gasteiger partial charge < -0.3 is 0 Å². The highest BCUT2D eigenvalue weighted by Gasteiger charge is 1.99. The molecule has 0 aliphatic carbocycles. The molecule has 0 fully saturated rings. The van der Waals surface area contributed by atoms with Crippen LogP contribution in [0.5, 0.6) is 0 Å². The van der Waals surface area contributed by atoms with E-state index in [1.807, 2.05) is 6.08 Å². The molecule has 0 atom stereocenters. The summed E-state index contributed by atoms with van der Waals surface area (Å²) in [7, 11) is 0. The van der Waals surface area contributed by atoms with E-state index in [0.717, 1.165) is 22.9 Å². The van der Waals surface area contributed by atoms with Gasteiger partial charge in [-0.15, -0.1) is 6.58 Å². The van der Waals surface area contributed by atoms with Gasteiger partial charge in [0.2, 0.25) is 0 Å². The van der Waals surface area contributed by atoms with Crippen molar-refractivity contribution in [1.82, 2.24) is 0 Å². The van der Waals surface area contributed by atoms with Crippen LogP contribution in [0, 0.1) is 5.82 Å². The summed E-state index contributed by atoms with van der Waals surface area (Å²) in [6.07, 6.45) is 3.54. The molecular weight excluding hydrogens is 219 g/mol. The molecule has 1 aromatic carbocycles. The van der Waals surface area contributed by atoms with Crippen LogP contribution in [0.3, 0.4) is 0 Å². The smallest absolute Gasteiger partial charge is 0.123 e. The van der Waals surface area contributed by atoms with E-state index in [-0.39, 0.29) is 5.82 Å². The third kappa shape index (κ3) is 2.45. The Balaban J connectivity index is 2.82. The van der Waals surface area contributed by atoms with Crippen LogP contribution in [0.2, 0.25) is 0 Å². The highest BCUT2D eigenvalue weighted by Crippen LogP contribution is 2.19. The van der Waals surface area contributed by atoms with Gasteiger partial charge in [0.1, 0.15) is 5.82 Å². The molecule has 1 aromatic rings. The number of allylic oxidation sites excluding steroid dienone is 1. The van der Waals surface area contributed by atoms with Crippen molar-refractivity contribution in [1.29, 1.82) is 0 Å². The van der Waals surface area contributed by atoms with E-state index < -0.39 is 0 Å². The lowest BCUT2D eigenvalue weighted by atomic mass is 10.1. The van der Waals surface area contributed by atoms with Gasteiger partial charge >= 0.3 is 0 Å². The number of benzene rings is 1. The second-order valence-corrected chi connectivity index (χ2v) is 3.42. The second kappa shape index (κ2) is 4.41. The van der Waals surface area contributed by atoms with Gasteiger partial charge in [-0.25, -0.2) is 4.39 Å². The van der Waals surface area contributed by atoms with Crippen LogP contribution in [0.15, 0.2) is 35.3 Å². The molecule has 64 valence electrons. The molecule has 0 unspecified atom stereocenters. The van der Waals surface area contributed by atoms with Crippen LogP contribution in [0.25, 0.3) is 0 Å². The Morgan fingerprint density at radius 2 is 2.25 bits per heavy atom. The van der Waals surface area contributed by atoms with Crippen LogP contribution in [-0.4, -0.2) is 0 Å². The Morgan fingerprint density at radius 1 is 1.50 bits per heavy atom. The third-order valence-corrected chi connectivity index (χ3v) is 2.40. The normalized spacial score (nSPS) is 9.83. The Morgan fingerprint density at radius 3 is 2.92 bits per heavy atom. The summed E-state index contributed by atoms with van der Waals surface area (Å²) in [6, 6.07) is 4.73. The molecule has 0 N–H and O–H groups in total. The van der Waals surface area contributed by atoms with E-state index in [0.29, 0.717) is 0 Å². The summed E-state index contributed by atoms with van der Waals surface area (Å²) in [5.74, 6) is -0.183. The Hall–Kier alpha value is -0.630. The predicted octanol–water partition coefficient (Wildman–Crippen LogP) is 3.71. The van der Waals surface area contributed by atoms with Crippen molar-refractivity contribution in [3.05, 3.63) is 46.7 Å². The molecule has 0 nitrogen and oxygen atoms in total. The van der Waals surface area contributed by atoms with Crippen molar-refractivity contribution < 1.29 is 4.39 Å². The molecular formula is C10H10BrF. The molecule has 0 bridgehead atoms. The summed E-state index contributed by atoms with van der Waals surface area (Å²) < 4.78 is 13.7. The van der Waals surface area contributed by atoms with Crippen LogP contribution >= 0.6 is 15.9 Å². The average Bonchev–Trinajstić information content (AvgIpc) is 2.07. The van der Waals surface area contributed by atoms with Crippen molar-refractivity contribution in [3.63, 3.8) is 0 Å². The first kappa shape index (κ1) is 9.46. The summed E-state index contributed by atoms with van der Waals surface area (Å²) in [4.78, 5) is 0. The number of halogens is 2. The van der Waals surface area contributed by atoms with Crippen LogP contribution in [-0.2, 0) is 6.42 Å². The zero-order chi connectivity index (χ0) is 8.97. The van der Waals surface area contributed by atoms with Crippen molar-refractivity contribution >= 4 is 15.9 Å². The maximum absolute atomic E-state index is 12.7. The first-order valence-corrected chi connectivity index (χ1v) is 4.58. The SMILES string of the molecule is C=CCCc1cc(F)ccc1Br. The molecule has 0 aromatic heterocycles. The van der Waals surface area contributed by atoms with E-state index in [2.05, 4.69) is 22.5 Å². The summed E-state index contributed by atoms with van der Waals surface area (Å²) in [5.41, 5.74) is 0.995. The molecule has 12 heavy (non-hydrogen) atoms. The zero-order valence-electron chi connectivity index (χ0n) is 6.69. The predicted molar refractivity (Wildman–Crippen MR) is 52.6 cm³/mol. The number of rotatable bonds is 3. The molecule has 0 amide bonds. The summed E-state index contributed by atoms with van der Waals surface area (Å²) in [5, 5.41) is 0. The standard InChI is InChI=1S/C10H10BrF/c1-2-3-4-8-7-9(12)5-6-10(8)11/h2,5-7H,1,3-4H2. The van der Waals surface area contributed by atoms with Gasteiger partial charge in [0.15, 0.2) is 0 Å². The number of hydrogen-bond donors (Lipinski definition) is 0. The van der Waals surface area contributed by atoms with Crippen LogP contribution in [0.4, 0.5) is 4.39 Å². The molecule has 0 radical (unpaired) electrons. The van der Waals surface area contributed by atoms with E-state index in [1.54, 1.807) is 12.1 Å². The zero-order valence-corrected chi connectivity index (χ0v) is 8.27. The minimum Gasteiger partial charge on any atom is -0.207 e. The highest BCUT2D eigenvalue weighted by molar-refractivity contribution is 9.10. The van der Waals surface area contributed by atoms with Crippen molar-refractivity contribution in [3.8, 4) is 0 Å². The Bertz CT molecular complexity index is 281. The fourth-order valence-electron chi connectivity index (χ4n) is 0.992. The highest BCUT2D eigenvalue weighted by atomic mass is 79.9. The third-order valence-electron chi connectivity index (χ3n) is 1.63. The maximum Gasteiger partial charge on any atom is 0.123 e. The molecule has 0 aliphatic heterocycles. The second-order valence-electron chi connectivity index (χ2n) is 2.56. The van der Waals surface area contributed by atoms with Crippen molar-refractivity contribution in [2.45, 2.75) is 12.8 Å². The molecule has 1 rings (SSSR count). The molecule has 0 heterocycles. The summed E-state index contributed by atoms with van der Waals surface area (Å²) in [6.45, 7) is 3.62. The molecule has 0 saturated carbocycles. The largest absolute Gasteiger partial charge is 0.207 e. The van der Waals surface area contributed by atoms with E-state index in [1.165, 1.54) is 6.07 Å². The number of aryl methyl sites for hydroxylation is 1. The topological polar surface area (TPSA) is 0 Å². The van der Waals surface area contributed by atoms with Gasteiger partial charge in [-0.3, -0.25) is 0 Å². The van der Waals surface area contributed by atoms with E-state index in [9.17, 15) is 4.39 Å². The molecule has 2 heteroatoms. The Kier molecular flexibility index (Phi) is 3.48. The van der Waals surface area contributed by atoms with Gasteiger partial charge in [0.05, 0.1) is 0 Å². The quantitative estimate of drug-likeness (QED) is 0.693. The lowest BCUT2D eigenvalue weighted by Gasteiger charge is -2.01. The van der Waals surface area contributed by atoms with Gasteiger partial charge in [-0.2, -0.15) is 0 Å². The maximum atomic E-state index is 12.7. The van der Waals surface area contributed by atoms with Crippen molar-refractivity contribution in [2.24, 2.45) is 0 Å². The first-order valence-electron chi connectivity index (χ1n) is 3.79. The lowest BCUT2D eigenvalue weighted by Crippen LogP contribution is -1.86. The molecule has 0 saturated heterocycles. The number of hydrogen-bond acceptors (Lipinski definition) is 0. The monoisotopic (exact) mass is 228 g/mol. The minimum atomic E-state index is -0.183. The molecule has 0 aliphatic rings. The molecule has 0 spiro atoms. The lowest BCUT2D eigenvalue weighted by molar-refractivity contribution is 0.625. The van der Waals surface area contributed by atoms with Gasteiger partial charge in [-0.05, 0) is 36.6 Å². The summed E-state index contributed by atoms with van der Waals surface area (Å²) >= 11 is 3.36. The van der Waals surface area contributed by atoms with Crippen molar-refractivity contribution in [2.75, 3.05) is 0 Å². The van der Waals surface area contributed by atoms with E-state index in [4.69, 9.17) is 0 Å². The van der Waals surface area contributed by atoms with Gasteiger partial charge in [0, 0.05) is 4.47 Å². The fourth-order valence-corrected chi connectivity index (χ4v) is 1.44. The average molecular weight is 229 g/mol. The Labute approximate surface area is 80.2 Å². The fraction of sp³-hybridized carbons (Fsp3) is 0.200. The van der Waals surface area contributed by atoms with Crippen LogP contribution in [0.1, 0.15) is 12.0 Å². The van der Waals surface area contributed by atoms with Gasteiger partial charge in [-0.1, -0.05) is 22.0 Å².